The highest BCUT2D eigenvalue weighted by atomic mass is 16.3. The Morgan fingerprint density at radius 2 is 1.84 bits per heavy atom. The van der Waals surface area contributed by atoms with Crippen molar-refractivity contribution < 1.29 is 5.11 Å². The van der Waals surface area contributed by atoms with Gasteiger partial charge in [0.15, 0.2) is 0 Å². The molecular formula is C30H47NO. The van der Waals surface area contributed by atoms with E-state index in [0.717, 1.165) is 37.0 Å². The van der Waals surface area contributed by atoms with E-state index in [0.29, 0.717) is 17.8 Å². The van der Waals surface area contributed by atoms with Gasteiger partial charge in [0.05, 0.1) is 18.1 Å². The summed E-state index contributed by atoms with van der Waals surface area (Å²) >= 11 is 0. The van der Waals surface area contributed by atoms with Gasteiger partial charge in [-0.2, -0.15) is 5.26 Å². The number of hydrogen-bond acceptors (Lipinski definition) is 2. The van der Waals surface area contributed by atoms with E-state index < -0.39 is 0 Å². The van der Waals surface area contributed by atoms with Crippen molar-refractivity contribution in [3.8, 4) is 6.07 Å². The number of hydrogen-bond donors (Lipinski definition) is 1. The van der Waals surface area contributed by atoms with Crippen molar-refractivity contribution in [3.05, 3.63) is 22.8 Å². The zero-order chi connectivity index (χ0) is 23.5. The molecule has 0 heterocycles. The third-order valence-corrected chi connectivity index (χ3v) is 10.9. The normalized spacial score (nSPS) is 41.4. The Morgan fingerprint density at radius 3 is 2.50 bits per heavy atom. The minimum Gasteiger partial charge on any atom is -0.393 e. The molecule has 4 aliphatic carbocycles. The number of rotatable bonds is 5. The molecule has 32 heavy (non-hydrogen) atoms. The van der Waals surface area contributed by atoms with Crippen molar-refractivity contribution in [2.75, 3.05) is 0 Å². The van der Waals surface area contributed by atoms with Gasteiger partial charge >= 0.3 is 0 Å². The summed E-state index contributed by atoms with van der Waals surface area (Å²) < 4.78 is 0. The van der Waals surface area contributed by atoms with E-state index in [1.54, 1.807) is 16.7 Å². The number of nitriles is 1. The van der Waals surface area contributed by atoms with Crippen LogP contribution >= 0.6 is 0 Å². The summed E-state index contributed by atoms with van der Waals surface area (Å²) in [5.41, 5.74) is 4.97. The van der Waals surface area contributed by atoms with E-state index in [1.165, 1.54) is 32.1 Å². The Bertz CT molecular complexity index is 841. The van der Waals surface area contributed by atoms with Gasteiger partial charge in [0.2, 0.25) is 0 Å². The standard InChI is InChI=1S/C30H47NO/c1-19(2)9-8-10-20(3)23-12-13-24-22-11-14-26-28(4,5)27(32)17-21(18-31)30(26,7)25(22)15-16-29(23,24)6/h13,19-21,23,26-27,32H,8-12,14-17H2,1-7H3/t20-,21-,23-,26+,27+,29-,30-/m1/s1. The molecule has 178 valence electrons. The first-order valence-corrected chi connectivity index (χ1v) is 13.5. The van der Waals surface area contributed by atoms with Gasteiger partial charge < -0.3 is 5.11 Å². The number of aliphatic hydroxyl groups excluding tert-OH is 1. The highest BCUT2D eigenvalue weighted by Crippen LogP contribution is 2.67. The third kappa shape index (κ3) is 3.45. The molecule has 7 atom stereocenters. The van der Waals surface area contributed by atoms with Gasteiger partial charge in [0.25, 0.3) is 0 Å². The second-order valence-corrected chi connectivity index (χ2v) is 13.3. The maximum atomic E-state index is 10.9. The van der Waals surface area contributed by atoms with Crippen LogP contribution in [-0.4, -0.2) is 11.2 Å². The molecule has 2 heteroatoms. The van der Waals surface area contributed by atoms with Crippen molar-refractivity contribution in [1.29, 1.82) is 5.26 Å². The summed E-state index contributed by atoms with van der Waals surface area (Å²) in [7, 11) is 0. The predicted octanol–water partition coefficient (Wildman–Crippen LogP) is 7.84. The fourth-order valence-electron chi connectivity index (χ4n) is 8.80. The quantitative estimate of drug-likeness (QED) is 0.476. The Morgan fingerprint density at radius 1 is 1.12 bits per heavy atom. The van der Waals surface area contributed by atoms with Crippen LogP contribution in [0.4, 0.5) is 0 Å². The largest absolute Gasteiger partial charge is 0.393 e. The van der Waals surface area contributed by atoms with Crippen LogP contribution in [0.1, 0.15) is 106 Å². The molecule has 0 aromatic heterocycles. The summed E-state index contributed by atoms with van der Waals surface area (Å²) in [5.74, 6) is 2.66. The monoisotopic (exact) mass is 437 g/mol. The Labute approximate surface area is 197 Å². The van der Waals surface area contributed by atoms with Crippen molar-refractivity contribution in [1.82, 2.24) is 0 Å². The molecule has 0 aromatic carbocycles. The molecule has 0 radical (unpaired) electrons. The highest BCUT2D eigenvalue weighted by molar-refractivity contribution is 5.50. The van der Waals surface area contributed by atoms with E-state index in [9.17, 15) is 10.4 Å². The van der Waals surface area contributed by atoms with E-state index in [2.05, 4.69) is 60.6 Å². The van der Waals surface area contributed by atoms with Crippen LogP contribution < -0.4 is 0 Å². The van der Waals surface area contributed by atoms with Crippen LogP contribution in [0, 0.1) is 57.2 Å². The average Bonchev–Trinajstić information content (AvgIpc) is 3.08. The molecule has 2 nitrogen and oxygen atoms in total. The van der Waals surface area contributed by atoms with Crippen LogP contribution in [0.25, 0.3) is 0 Å². The maximum absolute atomic E-state index is 10.9. The zero-order valence-corrected chi connectivity index (χ0v) is 21.8. The maximum Gasteiger partial charge on any atom is 0.0666 e. The van der Waals surface area contributed by atoms with Gasteiger partial charge in [-0.05, 0) is 84.2 Å². The van der Waals surface area contributed by atoms with Crippen LogP contribution in [0.15, 0.2) is 22.8 Å². The summed E-state index contributed by atoms with van der Waals surface area (Å²) in [6.07, 6.45) is 12.8. The fraction of sp³-hybridized carbons (Fsp3) is 0.833. The molecule has 0 aromatic rings. The number of fused-ring (bicyclic) bond motifs is 4. The van der Waals surface area contributed by atoms with Gasteiger partial charge in [-0.25, -0.2) is 0 Å². The molecule has 4 rings (SSSR count). The number of allylic oxidation sites excluding steroid dienone is 4. The minimum absolute atomic E-state index is 0.0714. The van der Waals surface area contributed by atoms with Crippen molar-refractivity contribution in [2.24, 2.45) is 45.8 Å². The van der Waals surface area contributed by atoms with E-state index in [4.69, 9.17) is 0 Å². The van der Waals surface area contributed by atoms with Crippen LogP contribution in [0.2, 0.25) is 0 Å². The smallest absolute Gasteiger partial charge is 0.0666 e. The lowest BCUT2D eigenvalue weighted by Gasteiger charge is -2.60. The molecule has 0 spiro atoms. The molecule has 1 fully saturated rings. The molecule has 0 bridgehead atoms. The first kappa shape index (κ1) is 24.1. The SMILES string of the molecule is CC(C)CCC[C@@H](C)[C@H]1CC=C2C3=C(CC[C@@]21C)[C@@]1(C)[C@@H](C#N)C[C@H](O)C(C)(C)[C@@H]1CC3. The van der Waals surface area contributed by atoms with E-state index in [1.807, 2.05) is 0 Å². The van der Waals surface area contributed by atoms with Gasteiger partial charge in [-0.3, -0.25) is 0 Å². The second kappa shape index (κ2) is 8.30. The summed E-state index contributed by atoms with van der Waals surface area (Å²) in [6.45, 7) is 16.6. The van der Waals surface area contributed by atoms with Crippen molar-refractivity contribution in [2.45, 2.75) is 112 Å². The Balaban J connectivity index is 1.65. The fourth-order valence-corrected chi connectivity index (χ4v) is 8.80. The van der Waals surface area contributed by atoms with E-state index in [-0.39, 0.29) is 22.9 Å². The minimum atomic E-state index is -0.372. The van der Waals surface area contributed by atoms with Gasteiger partial charge in [0.1, 0.15) is 0 Å². The molecule has 1 N–H and O–H groups in total. The molecule has 4 aliphatic rings. The van der Waals surface area contributed by atoms with Crippen molar-refractivity contribution >= 4 is 0 Å². The average molecular weight is 438 g/mol. The summed E-state index contributed by atoms with van der Waals surface area (Å²) in [5, 5.41) is 21.1. The van der Waals surface area contributed by atoms with Crippen LogP contribution in [0.3, 0.4) is 0 Å². The molecule has 0 amide bonds. The molecular weight excluding hydrogens is 390 g/mol. The number of aliphatic hydroxyl groups is 1. The lowest BCUT2D eigenvalue weighted by atomic mass is 9.43. The highest BCUT2D eigenvalue weighted by Gasteiger charge is 2.61. The van der Waals surface area contributed by atoms with Crippen LogP contribution in [0.5, 0.6) is 0 Å². The van der Waals surface area contributed by atoms with E-state index >= 15 is 0 Å². The third-order valence-electron chi connectivity index (χ3n) is 10.9. The van der Waals surface area contributed by atoms with Gasteiger partial charge in [-0.15, -0.1) is 0 Å². The summed E-state index contributed by atoms with van der Waals surface area (Å²) in [6, 6.07) is 2.66. The summed E-state index contributed by atoms with van der Waals surface area (Å²) in [4.78, 5) is 0. The van der Waals surface area contributed by atoms with Crippen molar-refractivity contribution in [3.63, 3.8) is 0 Å². The van der Waals surface area contributed by atoms with Gasteiger partial charge in [-0.1, -0.05) is 79.4 Å². The lowest BCUT2D eigenvalue weighted by molar-refractivity contribution is -0.109. The number of nitrogens with zero attached hydrogens (tertiary/aromatic N) is 1. The molecule has 0 unspecified atom stereocenters. The first-order valence-electron chi connectivity index (χ1n) is 13.5. The molecule has 0 aliphatic heterocycles. The first-order chi connectivity index (χ1) is 15.0. The zero-order valence-electron chi connectivity index (χ0n) is 21.8. The van der Waals surface area contributed by atoms with Gasteiger partial charge in [0, 0.05) is 5.41 Å². The lowest BCUT2D eigenvalue weighted by Crippen LogP contribution is -2.57. The molecule has 0 saturated heterocycles. The second-order valence-electron chi connectivity index (χ2n) is 13.3. The molecule has 1 saturated carbocycles. The Hall–Kier alpha value is -1.07. The van der Waals surface area contributed by atoms with Crippen LogP contribution in [-0.2, 0) is 0 Å². The topological polar surface area (TPSA) is 44.0 Å². The predicted molar refractivity (Wildman–Crippen MR) is 133 cm³/mol. The Kier molecular flexibility index (Phi) is 6.24.